The molecule has 1 aliphatic heterocycles. The summed E-state index contributed by atoms with van der Waals surface area (Å²) in [7, 11) is 0. The summed E-state index contributed by atoms with van der Waals surface area (Å²) in [6.45, 7) is 5.60. The van der Waals surface area contributed by atoms with Gasteiger partial charge in [-0.3, -0.25) is 0 Å². The van der Waals surface area contributed by atoms with E-state index in [4.69, 9.17) is 0 Å². The smallest absolute Gasteiger partial charge is 0.371 e. The number of rotatable bonds is 1. The lowest BCUT2D eigenvalue weighted by Gasteiger charge is -2.32. The Labute approximate surface area is 106 Å². The summed E-state index contributed by atoms with van der Waals surface area (Å²) in [5.41, 5.74) is 0.823. The van der Waals surface area contributed by atoms with Gasteiger partial charge >= 0.3 is 6.18 Å². The molecule has 1 heterocycles. The number of halogens is 3. The molecule has 1 aromatic rings. The highest BCUT2D eigenvalue weighted by atomic mass is 19.4. The Hall–Kier alpha value is -1.19. The van der Waals surface area contributed by atoms with Gasteiger partial charge in [-0.1, -0.05) is 6.92 Å². The van der Waals surface area contributed by atoms with E-state index in [0.717, 1.165) is 25.9 Å². The van der Waals surface area contributed by atoms with Crippen LogP contribution in [0.1, 0.15) is 30.9 Å². The van der Waals surface area contributed by atoms with Gasteiger partial charge < -0.3 is 4.90 Å². The minimum atomic E-state index is -4.26. The second kappa shape index (κ2) is 4.82. The molecule has 0 unspecified atom stereocenters. The Morgan fingerprint density at radius 2 is 1.72 bits per heavy atom. The molecular weight excluding hydrogens is 239 g/mol. The maximum absolute atomic E-state index is 12.8. The van der Waals surface area contributed by atoms with Crippen molar-refractivity contribution in [3.05, 3.63) is 29.3 Å². The molecule has 18 heavy (non-hydrogen) atoms. The minimum Gasteiger partial charge on any atom is -0.371 e. The topological polar surface area (TPSA) is 3.24 Å². The van der Waals surface area contributed by atoms with Gasteiger partial charge in [0.2, 0.25) is 0 Å². The zero-order valence-corrected chi connectivity index (χ0v) is 10.7. The van der Waals surface area contributed by atoms with E-state index in [1.165, 1.54) is 12.1 Å². The molecule has 2 rings (SSSR count). The average molecular weight is 257 g/mol. The molecule has 0 aliphatic carbocycles. The lowest BCUT2D eigenvalue weighted by atomic mass is 9.98. The van der Waals surface area contributed by atoms with Gasteiger partial charge in [-0.2, -0.15) is 13.2 Å². The van der Waals surface area contributed by atoms with Gasteiger partial charge in [-0.05, 0) is 49.4 Å². The van der Waals surface area contributed by atoms with Crippen LogP contribution in [0.3, 0.4) is 0 Å². The summed E-state index contributed by atoms with van der Waals surface area (Å²) in [5, 5.41) is 0. The third-order valence-corrected chi connectivity index (χ3v) is 3.54. The van der Waals surface area contributed by atoms with Crippen LogP contribution < -0.4 is 4.90 Å². The van der Waals surface area contributed by atoms with Gasteiger partial charge in [-0.25, -0.2) is 0 Å². The summed E-state index contributed by atoms with van der Waals surface area (Å²) < 4.78 is 38.3. The highest BCUT2D eigenvalue weighted by Crippen LogP contribution is 2.33. The van der Waals surface area contributed by atoms with E-state index in [1.807, 2.05) is 6.07 Å². The monoisotopic (exact) mass is 257 g/mol. The molecule has 0 radical (unpaired) electrons. The van der Waals surface area contributed by atoms with Crippen molar-refractivity contribution in [3.63, 3.8) is 0 Å². The van der Waals surface area contributed by atoms with Gasteiger partial charge in [0.1, 0.15) is 0 Å². The van der Waals surface area contributed by atoms with E-state index in [0.29, 0.717) is 17.2 Å². The second-order valence-corrected chi connectivity index (χ2v) is 5.22. The first kappa shape index (κ1) is 13.2. The van der Waals surface area contributed by atoms with E-state index in [1.54, 1.807) is 6.92 Å². The van der Waals surface area contributed by atoms with Gasteiger partial charge in [-0.15, -0.1) is 0 Å². The molecule has 1 fully saturated rings. The van der Waals surface area contributed by atoms with Crippen molar-refractivity contribution in [2.24, 2.45) is 5.92 Å². The van der Waals surface area contributed by atoms with Crippen molar-refractivity contribution in [3.8, 4) is 0 Å². The molecule has 0 N–H and O–H groups in total. The SMILES string of the molecule is Cc1cc(N2CCC(C)CC2)cc(C(F)(F)F)c1. The van der Waals surface area contributed by atoms with Gasteiger partial charge in [0, 0.05) is 18.8 Å². The number of aryl methyl sites for hydroxylation is 1. The standard InChI is InChI=1S/C14H18F3N/c1-10-3-5-18(6-4-10)13-8-11(2)7-12(9-13)14(15,16)17/h7-10H,3-6H2,1-2H3. The fraction of sp³-hybridized carbons (Fsp3) is 0.571. The molecule has 1 aliphatic rings. The number of hydrogen-bond donors (Lipinski definition) is 0. The van der Waals surface area contributed by atoms with Crippen LogP contribution in [0.4, 0.5) is 18.9 Å². The molecular formula is C14H18F3N. The molecule has 100 valence electrons. The maximum Gasteiger partial charge on any atom is 0.416 e. The minimum absolute atomic E-state index is 0.545. The Kier molecular flexibility index (Phi) is 3.55. The van der Waals surface area contributed by atoms with Crippen molar-refractivity contribution >= 4 is 5.69 Å². The lowest BCUT2D eigenvalue weighted by Crippen LogP contribution is -2.33. The largest absolute Gasteiger partial charge is 0.416 e. The van der Waals surface area contributed by atoms with Crippen LogP contribution in [0.25, 0.3) is 0 Å². The predicted octanol–water partition coefficient (Wildman–Crippen LogP) is 4.25. The molecule has 0 saturated carbocycles. The Morgan fingerprint density at radius 1 is 1.11 bits per heavy atom. The molecule has 4 heteroatoms. The van der Waals surface area contributed by atoms with Crippen molar-refractivity contribution in [1.29, 1.82) is 0 Å². The molecule has 0 spiro atoms. The van der Waals surface area contributed by atoms with Crippen LogP contribution >= 0.6 is 0 Å². The van der Waals surface area contributed by atoms with E-state index >= 15 is 0 Å². The highest BCUT2D eigenvalue weighted by molar-refractivity contribution is 5.52. The Morgan fingerprint density at radius 3 is 2.28 bits per heavy atom. The van der Waals surface area contributed by atoms with Gasteiger partial charge in [0.15, 0.2) is 0 Å². The van der Waals surface area contributed by atoms with Crippen LogP contribution in [0.5, 0.6) is 0 Å². The first-order valence-corrected chi connectivity index (χ1v) is 6.30. The molecule has 0 amide bonds. The molecule has 0 atom stereocenters. The predicted molar refractivity (Wildman–Crippen MR) is 66.8 cm³/mol. The number of nitrogens with zero attached hydrogens (tertiary/aromatic N) is 1. The fourth-order valence-corrected chi connectivity index (χ4v) is 2.38. The molecule has 0 bridgehead atoms. The van der Waals surface area contributed by atoms with Crippen LogP contribution in [0.15, 0.2) is 18.2 Å². The highest BCUT2D eigenvalue weighted by Gasteiger charge is 2.31. The number of anilines is 1. The van der Waals surface area contributed by atoms with E-state index < -0.39 is 11.7 Å². The first-order chi connectivity index (χ1) is 8.36. The van der Waals surface area contributed by atoms with Crippen LogP contribution in [0, 0.1) is 12.8 Å². The molecule has 0 aromatic heterocycles. The summed E-state index contributed by atoms with van der Waals surface area (Å²) in [4.78, 5) is 2.06. The van der Waals surface area contributed by atoms with Crippen LogP contribution in [-0.4, -0.2) is 13.1 Å². The third kappa shape index (κ3) is 2.98. The number of alkyl halides is 3. The summed E-state index contributed by atoms with van der Waals surface area (Å²) in [5.74, 6) is 0.674. The second-order valence-electron chi connectivity index (χ2n) is 5.22. The number of hydrogen-bond acceptors (Lipinski definition) is 1. The van der Waals surface area contributed by atoms with Crippen molar-refractivity contribution < 1.29 is 13.2 Å². The summed E-state index contributed by atoms with van der Waals surface area (Å²) in [6, 6.07) is 4.31. The van der Waals surface area contributed by atoms with Crippen LogP contribution in [0.2, 0.25) is 0 Å². The van der Waals surface area contributed by atoms with E-state index in [2.05, 4.69) is 11.8 Å². The molecule has 1 nitrogen and oxygen atoms in total. The molecule has 1 saturated heterocycles. The van der Waals surface area contributed by atoms with Crippen molar-refractivity contribution in [1.82, 2.24) is 0 Å². The van der Waals surface area contributed by atoms with Crippen LogP contribution in [-0.2, 0) is 6.18 Å². The number of benzene rings is 1. The quantitative estimate of drug-likeness (QED) is 0.727. The van der Waals surface area contributed by atoms with E-state index in [-0.39, 0.29) is 0 Å². The molecule has 1 aromatic carbocycles. The first-order valence-electron chi connectivity index (χ1n) is 6.30. The third-order valence-electron chi connectivity index (χ3n) is 3.54. The maximum atomic E-state index is 12.8. The zero-order chi connectivity index (χ0) is 13.3. The fourth-order valence-electron chi connectivity index (χ4n) is 2.38. The Balaban J connectivity index is 2.25. The average Bonchev–Trinajstić information content (AvgIpc) is 2.28. The number of piperidine rings is 1. The Bertz CT molecular complexity index is 418. The van der Waals surface area contributed by atoms with Gasteiger partial charge in [0.05, 0.1) is 5.56 Å². The van der Waals surface area contributed by atoms with Crippen molar-refractivity contribution in [2.75, 3.05) is 18.0 Å². The van der Waals surface area contributed by atoms with Crippen molar-refractivity contribution in [2.45, 2.75) is 32.9 Å². The summed E-state index contributed by atoms with van der Waals surface area (Å²) in [6.07, 6.45) is -2.16. The lowest BCUT2D eigenvalue weighted by molar-refractivity contribution is -0.137. The zero-order valence-electron chi connectivity index (χ0n) is 10.7. The van der Waals surface area contributed by atoms with E-state index in [9.17, 15) is 13.2 Å². The summed E-state index contributed by atoms with van der Waals surface area (Å²) >= 11 is 0. The normalized spacial score (nSPS) is 18.2. The van der Waals surface area contributed by atoms with Gasteiger partial charge in [0.25, 0.3) is 0 Å².